The Hall–Kier alpha value is -2.38. The van der Waals surface area contributed by atoms with Gasteiger partial charge >= 0.3 is 0 Å². The lowest BCUT2D eigenvalue weighted by Gasteiger charge is -2.28. The van der Waals surface area contributed by atoms with Crippen molar-refractivity contribution >= 4 is 53.5 Å². The van der Waals surface area contributed by atoms with E-state index in [1.54, 1.807) is 12.1 Å². The minimum Gasteiger partial charge on any atom is -0.274 e. The van der Waals surface area contributed by atoms with E-state index >= 15 is 0 Å². The lowest BCUT2D eigenvalue weighted by atomic mass is 9.97. The van der Waals surface area contributed by atoms with E-state index in [0.29, 0.717) is 10.9 Å². The van der Waals surface area contributed by atoms with Crippen LogP contribution in [-0.2, 0) is 29.6 Å². The van der Waals surface area contributed by atoms with Gasteiger partial charge in [-0.3, -0.25) is 9.59 Å². The number of primary sulfonamides is 1. The third-order valence-corrected chi connectivity index (χ3v) is 9.73. The summed E-state index contributed by atoms with van der Waals surface area (Å²) < 4.78 is 52.3. The average Bonchev–Trinajstić information content (AvgIpc) is 3.13. The van der Waals surface area contributed by atoms with Gasteiger partial charge in [0, 0.05) is 11.0 Å². The number of imide groups is 1. The molecule has 1 heterocycles. The number of halogens is 1. The number of rotatable bonds is 8. The van der Waals surface area contributed by atoms with Gasteiger partial charge in [-0.15, -0.1) is 0 Å². The average molecular weight is 597 g/mol. The van der Waals surface area contributed by atoms with Crippen LogP contribution in [0.3, 0.4) is 0 Å². The van der Waals surface area contributed by atoms with Crippen LogP contribution < -0.4 is 10.0 Å². The van der Waals surface area contributed by atoms with Crippen molar-refractivity contribution in [2.75, 3.05) is 11.4 Å². The van der Waals surface area contributed by atoms with E-state index in [4.69, 9.17) is 5.14 Å². The van der Waals surface area contributed by atoms with Crippen molar-refractivity contribution < 1.29 is 26.4 Å². The predicted octanol–water partition coefficient (Wildman–Crippen LogP) is 3.31. The first-order valence-corrected chi connectivity index (χ1v) is 15.2. The van der Waals surface area contributed by atoms with Gasteiger partial charge in [0.25, 0.3) is 5.91 Å². The van der Waals surface area contributed by atoms with E-state index in [-0.39, 0.29) is 28.4 Å². The third-order valence-electron chi connectivity index (χ3n) is 6.35. The summed E-state index contributed by atoms with van der Waals surface area (Å²) in [6, 6.07) is 9.92. The van der Waals surface area contributed by atoms with Crippen molar-refractivity contribution in [2.24, 2.45) is 5.14 Å². The summed E-state index contributed by atoms with van der Waals surface area (Å²) in [6.07, 6.45) is 6.23. The Labute approximate surface area is 219 Å². The Morgan fingerprint density at radius 1 is 0.944 bits per heavy atom. The van der Waals surface area contributed by atoms with Crippen LogP contribution in [0.5, 0.6) is 0 Å². The number of benzene rings is 2. The molecule has 1 unspecified atom stereocenters. The maximum absolute atomic E-state index is 13.7. The summed E-state index contributed by atoms with van der Waals surface area (Å²) >= 11 is 3.30. The molecule has 1 aliphatic carbocycles. The fraction of sp³-hybridized carbons (Fsp3) is 0.333. The number of amides is 2. The number of nitrogens with zero attached hydrogens (tertiary/aromatic N) is 2. The Bertz CT molecular complexity index is 1400. The molecule has 2 aromatic carbocycles. The second-order valence-corrected chi connectivity index (χ2v) is 13.1. The fourth-order valence-electron chi connectivity index (χ4n) is 4.47. The van der Waals surface area contributed by atoms with Crippen LogP contribution in [0.2, 0.25) is 0 Å². The largest absolute Gasteiger partial charge is 0.274 e. The lowest BCUT2D eigenvalue weighted by Crippen LogP contribution is -2.46. The molecule has 36 heavy (non-hydrogen) atoms. The first-order chi connectivity index (χ1) is 17.0. The lowest BCUT2D eigenvalue weighted by molar-refractivity contribution is -0.122. The SMILES string of the molecule is NS(=O)(=O)c1ccc(N2C(=O)CC(N(CCC3=CCCCC3)S(=O)(=O)c3ccc(Br)cc3)C2=O)cc1. The molecule has 0 radical (unpaired) electrons. The van der Waals surface area contributed by atoms with E-state index in [1.165, 1.54) is 36.4 Å². The maximum Gasteiger partial charge on any atom is 0.252 e. The van der Waals surface area contributed by atoms with Crippen molar-refractivity contribution in [1.29, 1.82) is 0 Å². The number of carbonyl (C=O) groups is 2. The quantitative estimate of drug-likeness (QED) is 0.367. The van der Waals surface area contributed by atoms with Crippen molar-refractivity contribution in [2.45, 2.75) is 54.4 Å². The summed E-state index contributed by atoms with van der Waals surface area (Å²) in [7, 11) is -8.05. The van der Waals surface area contributed by atoms with E-state index < -0.39 is 37.9 Å². The number of hydrogen-bond acceptors (Lipinski definition) is 6. The van der Waals surface area contributed by atoms with E-state index in [9.17, 15) is 26.4 Å². The van der Waals surface area contributed by atoms with E-state index in [1.807, 2.05) is 0 Å². The molecule has 2 amide bonds. The summed E-state index contributed by atoms with van der Waals surface area (Å²) in [4.78, 5) is 27.1. The smallest absolute Gasteiger partial charge is 0.252 e. The molecule has 2 N–H and O–H groups in total. The Morgan fingerprint density at radius 2 is 1.58 bits per heavy atom. The molecular formula is C24H26BrN3O6S2. The Morgan fingerprint density at radius 3 is 2.17 bits per heavy atom. The molecule has 1 atom stereocenters. The van der Waals surface area contributed by atoms with Crippen LogP contribution in [0.4, 0.5) is 5.69 Å². The van der Waals surface area contributed by atoms with Gasteiger partial charge in [-0.1, -0.05) is 27.6 Å². The minimum atomic E-state index is -4.10. The van der Waals surface area contributed by atoms with Crippen LogP contribution in [0, 0.1) is 0 Å². The number of hydrogen-bond donors (Lipinski definition) is 1. The summed E-state index contributed by atoms with van der Waals surface area (Å²) in [6.45, 7) is 0.0616. The summed E-state index contributed by atoms with van der Waals surface area (Å²) in [5, 5.41) is 5.13. The third kappa shape index (κ3) is 5.62. The molecule has 4 rings (SSSR count). The van der Waals surface area contributed by atoms with Crippen molar-refractivity contribution in [3.8, 4) is 0 Å². The van der Waals surface area contributed by atoms with Crippen molar-refractivity contribution in [3.05, 3.63) is 64.7 Å². The van der Waals surface area contributed by atoms with Crippen molar-refractivity contribution in [3.63, 3.8) is 0 Å². The van der Waals surface area contributed by atoms with Gasteiger partial charge in [0.15, 0.2) is 0 Å². The van der Waals surface area contributed by atoms with Gasteiger partial charge < -0.3 is 0 Å². The zero-order chi connectivity index (χ0) is 26.1. The van der Waals surface area contributed by atoms with Crippen molar-refractivity contribution in [1.82, 2.24) is 4.31 Å². The highest BCUT2D eigenvalue weighted by Crippen LogP contribution is 2.31. The van der Waals surface area contributed by atoms with Gasteiger partial charge in [0.1, 0.15) is 6.04 Å². The predicted molar refractivity (Wildman–Crippen MR) is 138 cm³/mol. The molecular weight excluding hydrogens is 570 g/mol. The first kappa shape index (κ1) is 26.7. The fourth-order valence-corrected chi connectivity index (χ4v) is 6.83. The number of nitrogens with two attached hydrogens (primary N) is 1. The van der Waals surface area contributed by atoms with Gasteiger partial charge in [-0.2, -0.15) is 4.31 Å². The minimum absolute atomic E-state index is 0.0273. The zero-order valence-corrected chi connectivity index (χ0v) is 22.6. The molecule has 9 nitrogen and oxygen atoms in total. The molecule has 1 saturated heterocycles. The monoisotopic (exact) mass is 595 g/mol. The number of allylic oxidation sites excluding steroid dienone is 1. The number of anilines is 1. The zero-order valence-electron chi connectivity index (χ0n) is 19.3. The van der Waals surface area contributed by atoms with Crippen LogP contribution >= 0.6 is 15.9 Å². The molecule has 12 heteroatoms. The topological polar surface area (TPSA) is 135 Å². The van der Waals surface area contributed by atoms with Gasteiger partial charge in [-0.25, -0.2) is 26.9 Å². The molecule has 0 aromatic heterocycles. The van der Waals surface area contributed by atoms with Crippen LogP contribution in [-0.4, -0.2) is 45.5 Å². The molecule has 0 spiro atoms. The first-order valence-electron chi connectivity index (χ1n) is 11.4. The molecule has 1 aliphatic heterocycles. The maximum atomic E-state index is 13.7. The molecule has 2 aromatic rings. The highest BCUT2D eigenvalue weighted by molar-refractivity contribution is 9.10. The second kappa shape index (κ2) is 10.5. The summed E-state index contributed by atoms with van der Waals surface area (Å²) in [5.74, 6) is -1.25. The van der Waals surface area contributed by atoms with E-state index in [2.05, 4.69) is 22.0 Å². The standard InChI is InChI=1S/C24H26BrN3O6S2/c25-18-6-10-21(11-7-18)36(33,34)27(15-14-17-4-2-1-3-5-17)22-16-23(29)28(24(22)30)19-8-12-20(13-9-19)35(26,31)32/h4,6-13,22H,1-3,5,14-16H2,(H2,26,31,32). The van der Waals surface area contributed by atoms with E-state index in [0.717, 1.165) is 40.5 Å². The van der Waals surface area contributed by atoms with Crippen LogP contribution in [0.25, 0.3) is 0 Å². The van der Waals surface area contributed by atoms with Gasteiger partial charge in [0.05, 0.1) is 21.9 Å². The van der Waals surface area contributed by atoms with Gasteiger partial charge in [0.2, 0.25) is 26.0 Å². The number of carbonyl (C=O) groups excluding carboxylic acids is 2. The normalized spacial score (nSPS) is 19.1. The molecule has 192 valence electrons. The van der Waals surface area contributed by atoms with Gasteiger partial charge in [-0.05, 0) is 80.6 Å². The summed E-state index contributed by atoms with van der Waals surface area (Å²) in [5.41, 5.74) is 1.29. The Kier molecular flexibility index (Phi) is 7.81. The second-order valence-electron chi connectivity index (χ2n) is 8.75. The van der Waals surface area contributed by atoms with Crippen LogP contribution in [0.1, 0.15) is 38.5 Å². The highest BCUT2D eigenvalue weighted by atomic mass is 79.9. The van der Waals surface area contributed by atoms with Crippen LogP contribution in [0.15, 0.2) is 74.4 Å². The molecule has 0 bridgehead atoms. The Balaban J connectivity index is 1.66. The molecule has 2 aliphatic rings. The molecule has 0 saturated carbocycles. The number of sulfonamides is 2. The molecule has 1 fully saturated rings. The highest BCUT2D eigenvalue weighted by Gasteiger charge is 2.46.